The van der Waals surface area contributed by atoms with Crippen LogP contribution in [0.2, 0.25) is 0 Å². The highest BCUT2D eigenvalue weighted by Crippen LogP contribution is 2.54. The van der Waals surface area contributed by atoms with Crippen molar-refractivity contribution >= 4 is 56.1 Å². The van der Waals surface area contributed by atoms with Crippen LogP contribution >= 0.6 is 0 Å². The fraction of sp³-hybridized carbons (Fsp3) is 0.450. The number of imidazole rings is 1. The fourth-order valence-corrected chi connectivity index (χ4v) is 13.5. The number of hydrogen-bond donors (Lipinski definition) is 6. The number of anilines is 2. The van der Waals surface area contributed by atoms with Crippen molar-refractivity contribution in [2.24, 2.45) is 11.3 Å². The number of carbonyl (C=O) groups is 1. The van der Waals surface area contributed by atoms with Crippen LogP contribution in [0.3, 0.4) is 0 Å². The van der Waals surface area contributed by atoms with Crippen molar-refractivity contribution in [2.75, 3.05) is 63.6 Å². The van der Waals surface area contributed by atoms with Gasteiger partial charge in [0.1, 0.15) is 33.3 Å². The molecule has 2 aliphatic carbocycles. The minimum atomic E-state index is -2.34. The van der Waals surface area contributed by atoms with Crippen molar-refractivity contribution in [3.05, 3.63) is 130 Å². The molecule has 0 bridgehead atoms. The van der Waals surface area contributed by atoms with Crippen molar-refractivity contribution in [1.82, 2.24) is 35.2 Å². The molecule has 3 aromatic heterocycles. The molecule has 418 valence electrons. The number of methoxy groups -OCH3 is 1. The molecule has 4 aliphatic rings. The smallest absolute Gasteiger partial charge is 0.279 e. The van der Waals surface area contributed by atoms with Gasteiger partial charge in [0.25, 0.3) is 11.8 Å². The van der Waals surface area contributed by atoms with Gasteiger partial charge in [-0.15, -0.1) is 0 Å². The number of quaternary nitrogens is 1. The molecule has 4 aromatic carbocycles. The molecular weight excluding hydrogens is 1020 g/mol. The van der Waals surface area contributed by atoms with Crippen LogP contribution in [-0.4, -0.2) is 110 Å². The summed E-state index contributed by atoms with van der Waals surface area (Å²) in [6, 6.07) is 27.0. The number of pyridine rings is 1. The van der Waals surface area contributed by atoms with E-state index < -0.39 is 28.4 Å². The molecule has 0 radical (unpaired) electrons. The Labute approximate surface area is 463 Å². The maximum atomic E-state index is 15.0. The molecule has 7 aromatic rings. The largest absolute Gasteiger partial charge is 0.629 e. The summed E-state index contributed by atoms with van der Waals surface area (Å²) in [5.74, 6) is -0.326. The Balaban J connectivity index is 0.798. The lowest BCUT2D eigenvalue weighted by Crippen LogP contribution is -2.98. The number of aliphatic hydroxyl groups is 1. The van der Waals surface area contributed by atoms with Crippen molar-refractivity contribution in [1.29, 1.82) is 0 Å². The molecule has 4 fully saturated rings. The summed E-state index contributed by atoms with van der Waals surface area (Å²) in [5.41, 5.74) is 10.1. The Morgan fingerprint density at radius 3 is 2.48 bits per heavy atom. The summed E-state index contributed by atoms with van der Waals surface area (Å²) >= 11 is -2.34. The van der Waals surface area contributed by atoms with Gasteiger partial charge in [-0.2, -0.15) is 9.27 Å². The van der Waals surface area contributed by atoms with E-state index in [9.17, 15) is 23.7 Å². The van der Waals surface area contributed by atoms with E-state index in [2.05, 4.69) is 115 Å². The second-order valence-electron chi connectivity index (χ2n) is 23.2. The van der Waals surface area contributed by atoms with Gasteiger partial charge in [-0.25, -0.2) is 19.1 Å². The number of carbonyl (C=O) groups excluding carboxylic acids is 1. The zero-order valence-electron chi connectivity index (χ0n) is 46.0. The van der Waals surface area contributed by atoms with Crippen molar-refractivity contribution in [3.63, 3.8) is 0 Å². The number of aromatic amines is 2. The minimum absolute atomic E-state index is 0.0402. The highest BCUT2D eigenvalue weighted by Gasteiger charge is 2.50. The molecule has 2 saturated heterocycles. The third-order valence-corrected chi connectivity index (χ3v) is 18.3. The molecule has 1 amide bonds. The molecule has 5 heterocycles. The molecule has 1 spiro atoms. The van der Waals surface area contributed by atoms with E-state index in [1.807, 2.05) is 13.0 Å². The number of ether oxygens (including phenoxy) is 2. The van der Waals surface area contributed by atoms with Gasteiger partial charge in [0.15, 0.2) is 11.4 Å². The number of hydroxylamine groups is 2. The van der Waals surface area contributed by atoms with Crippen LogP contribution in [0.4, 0.5) is 21.5 Å². The van der Waals surface area contributed by atoms with E-state index in [4.69, 9.17) is 13.8 Å². The number of nitrogens with one attached hydrogen (secondary N) is 5. The van der Waals surface area contributed by atoms with Gasteiger partial charge in [0.2, 0.25) is 11.1 Å². The maximum absolute atomic E-state index is 15.0. The lowest BCUT2D eigenvalue weighted by atomic mass is 9.59. The van der Waals surface area contributed by atoms with Crippen molar-refractivity contribution < 1.29 is 37.3 Å². The molecule has 6 N–H and O–H groups in total. The molecule has 2 unspecified atom stereocenters. The normalized spacial score (nSPS) is 21.8. The third kappa shape index (κ3) is 11.5. The van der Waals surface area contributed by atoms with E-state index in [-0.39, 0.29) is 61.0 Å². The Morgan fingerprint density at radius 1 is 0.987 bits per heavy atom. The second kappa shape index (κ2) is 22.6. The average molecular weight is 1100 g/mol. The zero-order chi connectivity index (χ0) is 55.2. The summed E-state index contributed by atoms with van der Waals surface area (Å²) < 4.78 is 46.7. The van der Waals surface area contributed by atoms with E-state index >= 15 is 0 Å². The number of fused-ring (bicyclic) bond motifs is 2. The third-order valence-electron chi connectivity index (χ3n) is 17.4. The summed E-state index contributed by atoms with van der Waals surface area (Å²) in [5, 5.41) is 27.0. The van der Waals surface area contributed by atoms with Crippen LogP contribution in [0.5, 0.6) is 17.4 Å². The topological polar surface area (TPSA) is 201 Å². The first-order valence-corrected chi connectivity index (χ1v) is 28.9. The van der Waals surface area contributed by atoms with Gasteiger partial charge in [0, 0.05) is 88.0 Å². The number of hydrogen-bond acceptors (Lipinski definition) is 13. The SMILES string of the molecule is COc1nc2[nH]cc(F)c2cc1Oc1cc(N2CCC3(CC2)CC(N2CCN(Cc4ccc(C)cc4)C[C@H]2c2ccccc2C(C)C)C3)ccc1C(=O)NOS(=O)c1cc([NH+](C)[O-])c(NCC2CCC(C)(O)CC2)c2[nH]cnc12. The molecular formula is C60H73FN10O7S. The predicted octanol–water partition coefficient (Wildman–Crippen LogP) is 9.50. The average Bonchev–Trinajstić information content (AvgIpc) is 4.18. The second-order valence-corrected chi connectivity index (χ2v) is 24.2. The van der Waals surface area contributed by atoms with Gasteiger partial charge in [-0.3, -0.25) is 14.6 Å². The fourth-order valence-electron chi connectivity index (χ4n) is 12.7. The van der Waals surface area contributed by atoms with Gasteiger partial charge in [-0.05, 0) is 111 Å². The summed E-state index contributed by atoms with van der Waals surface area (Å²) in [7, 11) is 2.86. The highest BCUT2D eigenvalue weighted by atomic mass is 32.2. The standard InChI is InChI=1S/C60H73FN10O7S/c1-37(2)43-9-7-8-10-44(43)49-35-69(34-40-13-11-38(3)12-14-40)25-26-71(49)42-30-60(31-42)21-23-70(24-22-60)41-15-16-45(50(27-41)77-51-28-46-47(61)33-63-56(46)66-58(51)76-6)57(72)67-78-79(75)52-29-48(68(5)74)53(55-54(52)64-36-65-55)62-32-39-17-19-59(4,73)20-18-39/h7-16,27-29,33,36-37,39,42,49,62,68,73H,17-26,30-32,34-35H2,1-6H3,(H,63,66)(H,64,65)(H,67,72)/t39?,49-,59?,79?/m0/s1. The summed E-state index contributed by atoms with van der Waals surface area (Å²) in [6.45, 7) is 14.8. The van der Waals surface area contributed by atoms with Crippen LogP contribution in [0.15, 0.2) is 96.3 Å². The Kier molecular flexibility index (Phi) is 15.6. The van der Waals surface area contributed by atoms with Crippen LogP contribution in [0.25, 0.3) is 22.1 Å². The van der Waals surface area contributed by atoms with Crippen molar-refractivity contribution in [2.45, 2.75) is 114 Å². The lowest BCUT2D eigenvalue weighted by molar-refractivity contribution is -0.750. The Bertz CT molecular complexity index is 3340. The zero-order valence-corrected chi connectivity index (χ0v) is 46.8. The number of nitrogens with zero attached hydrogens (tertiary/aromatic N) is 5. The molecule has 3 atom stereocenters. The van der Waals surface area contributed by atoms with Gasteiger partial charge in [-0.1, -0.05) is 67.9 Å². The monoisotopic (exact) mass is 1100 g/mol. The first kappa shape index (κ1) is 54.5. The molecule has 17 nitrogen and oxygen atoms in total. The van der Waals surface area contributed by atoms with Crippen LogP contribution in [0.1, 0.15) is 117 Å². The number of rotatable bonds is 17. The number of piperidine rings is 1. The summed E-state index contributed by atoms with van der Waals surface area (Å²) in [6.07, 6.45) is 10.0. The number of H-pyrrole nitrogens is 2. The summed E-state index contributed by atoms with van der Waals surface area (Å²) in [4.78, 5) is 36.9. The molecule has 2 saturated carbocycles. The Morgan fingerprint density at radius 2 is 1.75 bits per heavy atom. The van der Waals surface area contributed by atoms with Gasteiger partial charge >= 0.3 is 0 Å². The van der Waals surface area contributed by atoms with E-state index in [0.717, 1.165) is 83.5 Å². The number of halogens is 1. The van der Waals surface area contributed by atoms with E-state index in [0.29, 0.717) is 54.1 Å². The highest BCUT2D eigenvalue weighted by molar-refractivity contribution is 7.80. The van der Waals surface area contributed by atoms with Crippen LogP contribution in [-0.2, 0) is 21.9 Å². The lowest BCUT2D eigenvalue weighted by Gasteiger charge is -2.58. The van der Waals surface area contributed by atoms with E-state index in [1.54, 1.807) is 12.1 Å². The van der Waals surface area contributed by atoms with Crippen LogP contribution in [0, 0.1) is 29.3 Å². The van der Waals surface area contributed by atoms with Gasteiger partial charge < -0.3 is 45.0 Å². The number of aryl methyl sites for hydroxylation is 1. The maximum Gasteiger partial charge on any atom is 0.279 e. The quantitative estimate of drug-likeness (QED) is 0.0472. The van der Waals surface area contributed by atoms with E-state index in [1.165, 1.54) is 61.1 Å². The molecule has 11 rings (SSSR count). The first-order valence-electron chi connectivity index (χ1n) is 27.8. The molecule has 19 heteroatoms. The van der Waals surface area contributed by atoms with Crippen LogP contribution < -0.4 is 30.2 Å². The first-order chi connectivity index (χ1) is 38.0. The number of aromatic nitrogens is 4. The Hall–Kier alpha value is -6.45. The molecule has 2 aliphatic heterocycles. The van der Waals surface area contributed by atoms with Crippen molar-refractivity contribution in [3.8, 4) is 17.4 Å². The predicted molar refractivity (Wildman–Crippen MR) is 304 cm³/mol. The minimum Gasteiger partial charge on any atom is -0.629 e. The van der Waals surface area contributed by atoms with Gasteiger partial charge in [0.05, 0.1) is 42.6 Å². The molecule has 79 heavy (non-hydrogen) atoms. The number of benzene rings is 4. The number of amides is 1. The number of piperazine rings is 1.